The van der Waals surface area contributed by atoms with E-state index in [-0.39, 0.29) is 5.91 Å². The number of aromatic nitrogens is 2. The highest BCUT2D eigenvalue weighted by Gasteiger charge is 2.19. The van der Waals surface area contributed by atoms with Crippen molar-refractivity contribution in [2.75, 3.05) is 11.9 Å². The summed E-state index contributed by atoms with van der Waals surface area (Å²) in [6, 6.07) is 19.0. The second-order valence-electron chi connectivity index (χ2n) is 7.49. The molecule has 1 aliphatic heterocycles. The second kappa shape index (κ2) is 8.24. The molecule has 0 radical (unpaired) electrons. The fourth-order valence-electron chi connectivity index (χ4n) is 3.95. The van der Waals surface area contributed by atoms with Crippen molar-refractivity contribution in [3.63, 3.8) is 0 Å². The summed E-state index contributed by atoms with van der Waals surface area (Å²) in [6.45, 7) is 2.25. The lowest BCUT2D eigenvalue weighted by Gasteiger charge is -2.16. The Kier molecular flexibility index (Phi) is 5.15. The van der Waals surface area contributed by atoms with Crippen LogP contribution in [0.1, 0.15) is 24.0 Å². The highest BCUT2D eigenvalue weighted by Crippen LogP contribution is 2.27. The van der Waals surface area contributed by atoms with Gasteiger partial charge < -0.3 is 10.2 Å². The van der Waals surface area contributed by atoms with Gasteiger partial charge in [0, 0.05) is 26.1 Å². The van der Waals surface area contributed by atoms with Crippen LogP contribution in [0, 0.1) is 0 Å². The third-order valence-corrected chi connectivity index (χ3v) is 6.36. The lowest BCUT2D eigenvalue weighted by atomic mass is 9.98. The van der Waals surface area contributed by atoms with Crippen LogP contribution in [0.2, 0.25) is 0 Å². The fraction of sp³-hybridized carbons (Fsp3) is 0.208. The molecule has 1 saturated heterocycles. The highest BCUT2D eigenvalue weighted by atomic mass is 32.1. The number of carbonyl (C=O) groups excluding carboxylic acids is 1. The first-order chi connectivity index (χ1) is 14.8. The van der Waals surface area contributed by atoms with Crippen molar-refractivity contribution in [3.8, 4) is 11.1 Å². The minimum absolute atomic E-state index is 0.264. The number of rotatable bonds is 6. The van der Waals surface area contributed by atoms with Crippen molar-refractivity contribution in [2.45, 2.75) is 25.9 Å². The van der Waals surface area contributed by atoms with Crippen LogP contribution in [0.25, 0.3) is 21.3 Å². The number of carbonyl (C=O) groups is 1. The molecule has 0 aliphatic carbocycles. The number of nitrogens with one attached hydrogen (secondary N) is 1. The summed E-state index contributed by atoms with van der Waals surface area (Å²) in [5.74, 6) is 1.13. The Hall–Kier alpha value is -3.25. The first kappa shape index (κ1) is 18.8. The number of hydrogen-bond acceptors (Lipinski definition) is 5. The Labute approximate surface area is 179 Å². The molecule has 0 atom stereocenters. The number of thiophene rings is 1. The van der Waals surface area contributed by atoms with Crippen LogP contribution in [0.4, 0.5) is 5.82 Å². The maximum atomic E-state index is 11.9. The molecule has 1 aliphatic rings. The van der Waals surface area contributed by atoms with Crippen LogP contribution >= 0.6 is 11.3 Å². The molecule has 0 unspecified atom stereocenters. The highest BCUT2D eigenvalue weighted by molar-refractivity contribution is 7.16. The average Bonchev–Trinajstić information content (AvgIpc) is 3.42. The monoisotopic (exact) mass is 414 g/mol. The van der Waals surface area contributed by atoms with Crippen LogP contribution in [0.3, 0.4) is 0 Å². The Bertz CT molecular complexity index is 1190. The van der Waals surface area contributed by atoms with Gasteiger partial charge in [-0.1, -0.05) is 48.5 Å². The van der Waals surface area contributed by atoms with E-state index in [0.29, 0.717) is 19.5 Å². The molecule has 150 valence electrons. The van der Waals surface area contributed by atoms with E-state index in [4.69, 9.17) is 0 Å². The van der Waals surface area contributed by atoms with E-state index >= 15 is 0 Å². The molecule has 0 bridgehead atoms. The van der Waals surface area contributed by atoms with E-state index in [1.165, 1.54) is 22.3 Å². The SMILES string of the molecule is O=C1CCCN1Cc1ccc(-c2ccccc2CNc2ncnc3sccc23)cc1. The van der Waals surface area contributed by atoms with Gasteiger partial charge in [-0.15, -0.1) is 11.3 Å². The number of anilines is 1. The van der Waals surface area contributed by atoms with Crippen molar-refractivity contribution in [3.05, 3.63) is 77.4 Å². The summed E-state index contributed by atoms with van der Waals surface area (Å²) in [7, 11) is 0. The number of amides is 1. The second-order valence-corrected chi connectivity index (χ2v) is 8.38. The van der Waals surface area contributed by atoms with Crippen LogP contribution in [-0.2, 0) is 17.9 Å². The average molecular weight is 415 g/mol. The summed E-state index contributed by atoms with van der Waals surface area (Å²) < 4.78 is 0. The largest absolute Gasteiger partial charge is 0.365 e. The summed E-state index contributed by atoms with van der Waals surface area (Å²) >= 11 is 1.62. The van der Waals surface area contributed by atoms with Crippen molar-refractivity contribution < 1.29 is 4.79 Å². The number of hydrogen-bond donors (Lipinski definition) is 1. The number of fused-ring (bicyclic) bond motifs is 1. The van der Waals surface area contributed by atoms with Crippen LogP contribution in [-0.4, -0.2) is 27.3 Å². The molecule has 1 fully saturated rings. The minimum Gasteiger partial charge on any atom is -0.365 e. The van der Waals surface area contributed by atoms with Gasteiger partial charge in [0.15, 0.2) is 0 Å². The summed E-state index contributed by atoms with van der Waals surface area (Å²) in [4.78, 5) is 23.5. The van der Waals surface area contributed by atoms with Crippen molar-refractivity contribution in [1.29, 1.82) is 0 Å². The van der Waals surface area contributed by atoms with E-state index in [9.17, 15) is 4.79 Å². The van der Waals surface area contributed by atoms with Gasteiger partial charge in [0.2, 0.25) is 5.91 Å². The molecule has 5 rings (SSSR count). The van der Waals surface area contributed by atoms with Gasteiger partial charge in [0.25, 0.3) is 0 Å². The molecule has 4 aromatic rings. The van der Waals surface area contributed by atoms with Gasteiger partial charge in [-0.25, -0.2) is 9.97 Å². The smallest absolute Gasteiger partial charge is 0.222 e. The molecule has 30 heavy (non-hydrogen) atoms. The van der Waals surface area contributed by atoms with Crippen LogP contribution < -0.4 is 5.32 Å². The molecular weight excluding hydrogens is 392 g/mol. The van der Waals surface area contributed by atoms with E-state index in [0.717, 1.165) is 29.0 Å². The van der Waals surface area contributed by atoms with E-state index in [2.05, 4.69) is 69.9 Å². The van der Waals surface area contributed by atoms with E-state index in [1.807, 2.05) is 10.3 Å². The summed E-state index contributed by atoms with van der Waals surface area (Å²) in [5.41, 5.74) is 4.75. The normalized spacial score (nSPS) is 13.9. The first-order valence-electron chi connectivity index (χ1n) is 10.1. The van der Waals surface area contributed by atoms with Gasteiger partial charge in [-0.3, -0.25) is 4.79 Å². The van der Waals surface area contributed by atoms with Gasteiger partial charge in [0.05, 0.1) is 5.39 Å². The van der Waals surface area contributed by atoms with Gasteiger partial charge >= 0.3 is 0 Å². The first-order valence-corrected chi connectivity index (χ1v) is 11.0. The molecule has 3 heterocycles. The lowest BCUT2D eigenvalue weighted by Crippen LogP contribution is -2.23. The predicted molar refractivity (Wildman–Crippen MR) is 121 cm³/mol. The zero-order valence-corrected chi connectivity index (χ0v) is 17.4. The molecule has 6 heteroatoms. The number of benzene rings is 2. The Balaban J connectivity index is 1.34. The maximum absolute atomic E-state index is 11.9. The predicted octanol–water partition coefficient (Wildman–Crippen LogP) is 5.09. The summed E-state index contributed by atoms with van der Waals surface area (Å²) in [6.07, 6.45) is 3.26. The van der Waals surface area contributed by atoms with Crippen molar-refractivity contribution in [1.82, 2.24) is 14.9 Å². The molecule has 5 nitrogen and oxygen atoms in total. The molecule has 0 spiro atoms. The fourth-order valence-corrected chi connectivity index (χ4v) is 4.68. The van der Waals surface area contributed by atoms with Crippen molar-refractivity contribution in [2.24, 2.45) is 0 Å². The maximum Gasteiger partial charge on any atom is 0.222 e. The number of likely N-dealkylation sites (tertiary alicyclic amines) is 1. The van der Waals surface area contributed by atoms with E-state index in [1.54, 1.807) is 17.7 Å². The van der Waals surface area contributed by atoms with E-state index < -0.39 is 0 Å². The molecule has 0 saturated carbocycles. The topological polar surface area (TPSA) is 58.1 Å². The standard InChI is InChI=1S/C24H22N4OS/c29-22-6-3-12-28(22)15-17-7-9-18(10-8-17)20-5-2-1-4-19(20)14-25-23-21-11-13-30-24(21)27-16-26-23/h1-2,4-5,7-11,13,16H,3,6,12,14-15H2,(H,25,26,27). The zero-order valence-electron chi connectivity index (χ0n) is 16.5. The summed E-state index contributed by atoms with van der Waals surface area (Å²) in [5, 5.41) is 6.57. The quantitative estimate of drug-likeness (QED) is 0.477. The van der Waals surface area contributed by atoms with Gasteiger partial charge in [-0.05, 0) is 40.1 Å². The van der Waals surface area contributed by atoms with Crippen LogP contribution in [0.5, 0.6) is 0 Å². The lowest BCUT2D eigenvalue weighted by molar-refractivity contribution is -0.128. The minimum atomic E-state index is 0.264. The molecule has 2 aromatic carbocycles. The molecular formula is C24H22N4OS. The van der Waals surface area contributed by atoms with Gasteiger partial charge in [0.1, 0.15) is 17.0 Å². The van der Waals surface area contributed by atoms with Crippen molar-refractivity contribution >= 4 is 33.3 Å². The Morgan fingerprint density at radius 3 is 2.73 bits per heavy atom. The molecule has 1 amide bonds. The number of nitrogens with zero attached hydrogens (tertiary/aromatic N) is 3. The third kappa shape index (κ3) is 3.78. The van der Waals surface area contributed by atoms with Crippen LogP contribution in [0.15, 0.2) is 66.3 Å². The third-order valence-electron chi connectivity index (χ3n) is 5.54. The molecule has 2 aromatic heterocycles. The van der Waals surface area contributed by atoms with Gasteiger partial charge in [-0.2, -0.15) is 0 Å². The Morgan fingerprint density at radius 1 is 1.03 bits per heavy atom. The zero-order chi connectivity index (χ0) is 20.3. The Morgan fingerprint density at radius 2 is 1.90 bits per heavy atom. The molecule has 1 N–H and O–H groups in total.